The molecule has 0 radical (unpaired) electrons. The van der Waals surface area contributed by atoms with E-state index in [2.05, 4.69) is 0 Å². The van der Waals surface area contributed by atoms with Gasteiger partial charge in [-0.1, -0.05) is 0 Å². The van der Waals surface area contributed by atoms with Gasteiger partial charge in [0, 0.05) is 36.9 Å². The highest BCUT2D eigenvalue weighted by Crippen LogP contribution is 2.37. The lowest BCUT2D eigenvalue weighted by atomic mass is 10.0. The number of hydrogen-bond acceptors (Lipinski definition) is 4. The quantitative estimate of drug-likeness (QED) is 0.596. The molecule has 22 heavy (non-hydrogen) atoms. The molecule has 0 aromatic heterocycles. The minimum atomic E-state index is -0.0517. The molecule has 1 amide bonds. The molecule has 120 valence electrons. The maximum Gasteiger partial charge on any atom is 0.227 e. The van der Waals surface area contributed by atoms with Gasteiger partial charge in [0.25, 0.3) is 0 Å². The number of alkyl halides is 1. The maximum absolute atomic E-state index is 12.3. The van der Waals surface area contributed by atoms with Crippen LogP contribution in [0.25, 0.3) is 0 Å². The number of ether oxygens (including phenoxy) is 2. The van der Waals surface area contributed by atoms with Gasteiger partial charge in [-0.15, -0.1) is 11.6 Å². The van der Waals surface area contributed by atoms with Crippen LogP contribution in [0.5, 0.6) is 11.5 Å². The molecule has 0 unspecified atom stereocenters. The Kier molecular flexibility index (Phi) is 5.66. The van der Waals surface area contributed by atoms with Crippen molar-refractivity contribution in [3.05, 3.63) is 17.7 Å². The lowest BCUT2D eigenvalue weighted by Crippen LogP contribution is -2.31. The van der Waals surface area contributed by atoms with Crippen molar-refractivity contribution < 1.29 is 19.1 Å². The summed E-state index contributed by atoms with van der Waals surface area (Å²) in [4.78, 5) is 26.3. The third-order valence-electron chi connectivity index (χ3n) is 3.73. The first-order valence-electron chi connectivity index (χ1n) is 7.28. The Hall–Kier alpha value is -1.75. The van der Waals surface area contributed by atoms with Crippen molar-refractivity contribution in [2.45, 2.75) is 25.7 Å². The summed E-state index contributed by atoms with van der Waals surface area (Å²) in [5.41, 5.74) is 1.11. The van der Waals surface area contributed by atoms with Crippen molar-refractivity contribution in [1.82, 2.24) is 0 Å². The van der Waals surface area contributed by atoms with Crippen molar-refractivity contribution in [3.63, 3.8) is 0 Å². The highest BCUT2D eigenvalue weighted by atomic mass is 35.5. The number of rotatable bonds is 6. The molecule has 0 bridgehead atoms. The monoisotopic (exact) mass is 325 g/mol. The number of amides is 1. The number of fused-ring (bicyclic) bond motifs is 1. The zero-order valence-electron chi connectivity index (χ0n) is 12.9. The molecule has 2 rings (SSSR count). The molecule has 1 heterocycles. The fourth-order valence-corrected chi connectivity index (χ4v) is 2.74. The first kappa shape index (κ1) is 16.6. The van der Waals surface area contributed by atoms with E-state index in [1.807, 2.05) is 0 Å². The smallest absolute Gasteiger partial charge is 0.227 e. The van der Waals surface area contributed by atoms with Crippen molar-refractivity contribution >= 4 is 29.0 Å². The molecule has 0 spiro atoms. The number of hydrogen-bond donors (Lipinski definition) is 0. The maximum atomic E-state index is 12.3. The van der Waals surface area contributed by atoms with Gasteiger partial charge in [-0.2, -0.15) is 0 Å². The molecular weight excluding hydrogens is 306 g/mol. The van der Waals surface area contributed by atoms with Gasteiger partial charge in [0.2, 0.25) is 5.91 Å². The first-order valence-corrected chi connectivity index (χ1v) is 7.81. The van der Waals surface area contributed by atoms with Gasteiger partial charge in [0.1, 0.15) is 0 Å². The fourth-order valence-electron chi connectivity index (χ4n) is 2.55. The van der Waals surface area contributed by atoms with Gasteiger partial charge in [-0.25, -0.2) is 0 Å². The summed E-state index contributed by atoms with van der Waals surface area (Å²) in [6, 6.07) is 3.36. The van der Waals surface area contributed by atoms with E-state index in [1.165, 1.54) is 14.2 Å². The van der Waals surface area contributed by atoms with Crippen LogP contribution in [0, 0.1) is 0 Å². The van der Waals surface area contributed by atoms with E-state index in [0.717, 1.165) is 12.8 Å². The summed E-state index contributed by atoms with van der Waals surface area (Å²) in [6.45, 7) is 0.543. The third kappa shape index (κ3) is 3.35. The Balaban J connectivity index is 2.46. The first-order chi connectivity index (χ1) is 10.6. The summed E-state index contributed by atoms with van der Waals surface area (Å²) in [6.07, 6.45) is 2.05. The molecule has 1 aromatic carbocycles. The Morgan fingerprint density at radius 2 is 1.77 bits per heavy atom. The zero-order chi connectivity index (χ0) is 16.1. The fraction of sp³-hybridized carbons (Fsp3) is 0.500. The van der Waals surface area contributed by atoms with Crippen LogP contribution in [0.15, 0.2) is 12.1 Å². The molecule has 1 aromatic rings. The topological polar surface area (TPSA) is 55.8 Å². The highest BCUT2D eigenvalue weighted by molar-refractivity contribution is 6.17. The number of methoxy groups -OCH3 is 2. The van der Waals surface area contributed by atoms with E-state index in [1.54, 1.807) is 17.0 Å². The van der Waals surface area contributed by atoms with E-state index < -0.39 is 0 Å². The number of carbonyl (C=O) groups excluding carboxylic acids is 2. The molecule has 0 saturated carbocycles. The van der Waals surface area contributed by atoms with Crippen LogP contribution in [0.2, 0.25) is 0 Å². The van der Waals surface area contributed by atoms with E-state index in [-0.39, 0.29) is 24.5 Å². The van der Waals surface area contributed by atoms with Crippen LogP contribution >= 0.6 is 11.6 Å². The van der Waals surface area contributed by atoms with Crippen molar-refractivity contribution in [1.29, 1.82) is 0 Å². The average Bonchev–Trinajstić information content (AvgIpc) is 2.65. The molecule has 0 saturated heterocycles. The van der Waals surface area contributed by atoms with Gasteiger partial charge in [-0.3, -0.25) is 9.59 Å². The standard InChI is InChI=1S/C16H20ClNO4/c1-21-14-9-11-12(10-15(14)22-2)18(8-4-3-7-17)16(20)6-5-13(11)19/h9-10H,3-8H2,1-2H3. The molecule has 6 heteroatoms. The molecule has 0 atom stereocenters. The summed E-state index contributed by atoms with van der Waals surface area (Å²) >= 11 is 5.70. The van der Waals surface area contributed by atoms with Crippen LogP contribution in [0.3, 0.4) is 0 Å². The Morgan fingerprint density at radius 1 is 1.09 bits per heavy atom. The minimum absolute atomic E-state index is 0.0473. The number of carbonyl (C=O) groups is 2. The number of nitrogens with zero attached hydrogens (tertiary/aromatic N) is 1. The third-order valence-corrected chi connectivity index (χ3v) is 3.99. The second-order valence-electron chi connectivity index (χ2n) is 5.09. The number of benzene rings is 1. The largest absolute Gasteiger partial charge is 0.493 e. The summed E-state index contributed by atoms with van der Waals surface area (Å²) in [5, 5.41) is 0. The lowest BCUT2D eigenvalue weighted by Gasteiger charge is -2.23. The van der Waals surface area contributed by atoms with Crippen molar-refractivity contribution in [2.75, 3.05) is 31.5 Å². The van der Waals surface area contributed by atoms with E-state index >= 15 is 0 Å². The Labute approximate surface area is 135 Å². The molecule has 0 fully saturated rings. The van der Waals surface area contributed by atoms with Crippen molar-refractivity contribution in [3.8, 4) is 11.5 Å². The highest BCUT2D eigenvalue weighted by Gasteiger charge is 2.28. The summed E-state index contributed by atoms with van der Waals surface area (Å²) in [7, 11) is 3.05. The number of ketones is 1. The van der Waals surface area contributed by atoms with E-state index in [4.69, 9.17) is 21.1 Å². The second kappa shape index (κ2) is 7.49. The summed E-state index contributed by atoms with van der Waals surface area (Å²) in [5.74, 6) is 1.45. The van der Waals surface area contributed by atoms with E-state index in [9.17, 15) is 9.59 Å². The molecule has 0 aliphatic carbocycles. The van der Waals surface area contributed by atoms with Gasteiger partial charge in [0.05, 0.1) is 19.9 Å². The molecule has 1 aliphatic heterocycles. The number of halogens is 1. The average molecular weight is 326 g/mol. The van der Waals surface area contributed by atoms with Crippen LogP contribution in [-0.4, -0.2) is 38.3 Å². The molecule has 0 N–H and O–H groups in total. The number of unbranched alkanes of at least 4 members (excludes halogenated alkanes) is 1. The normalized spacial score (nSPS) is 14.6. The molecular formula is C16H20ClNO4. The van der Waals surface area contributed by atoms with Crippen LogP contribution in [0.1, 0.15) is 36.0 Å². The second-order valence-corrected chi connectivity index (χ2v) is 5.47. The van der Waals surface area contributed by atoms with Gasteiger partial charge < -0.3 is 14.4 Å². The van der Waals surface area contributed by atoms with Crippen molar-refractivity contribution in [2.24, 2.45) is 0 Å². The Morgan fingerprint density at radius 3 is 2.41 bits per heavy atom. The van der Waals surface area contributed by atoms with Crippen LogP contribution in [-0.2, 0) is 4.79 Å². The van der Waals surface area contributed by atoms with Gasteiger partial charge in [-0.05, 0) is 18.9 Å². The van der Waals surface area contributed by atoms with Gasteiger partial charge >= 0.3 is 0 Å². The SMILES string of the molecule is COc1cc2c(cc1OC)N(CCCCCl)C(=O)CCC2=O. The van der Waals surface area contributed by atoms with Crippen LogP contribution < -0.4 is 14.4 Å². The minimum Gasteiger partial charge on any atom is -0.493 e. The lowest BCUT2D eigenvalue weighted by molar-refractivity contribution is -0.118. The summed E-state index contributed by atoms with van der Waals surface area (Å²) < 4.78 is 10.5. The number of anilines is 1. The van der Waals surface area contributed by atoms with Gasteiger partial charge in [0.15, 0.2) is 17.3 Å². The Bertz CT molecular complexity index is 574. The number of Topliss-reactive ketones (excluding diaryl/α,β-unsaturated/α-hetero) is 1. The van der Waals surface area contributed by atoms with Crippen LogP contribution in [0.4, 0.5) is 5.69 Å². The zero-order valence-corrected chi connectivity index (χ0v) is 13.6. The predicted octanol–water partition coefficient (Wildman–Crippen LogP) is 3.03. The van der Waals surface area contributed by atoms with E-state index in [0.29, 0.717) is 35.2 Å². The predicted molar refractivity (Wildman–Crippen MR) is 85.4 cm³/mol. The molecule has 1 aliphatic rings. The molecule has 5 nitrogen and oxygen atoms in total.